The summed E-state index contributed by atoms with van der Waals surface area (Å²) >= 11 is 0. The molecule has 1 aliphatic carbocycles. The van der Waals surface area contributed by atoms with Crippen molar-refractivity contribution in [1.82, 2.24) is 0 Å². The summed E-state index contributed by atoms with van der Waals surface area (Å²) < 4.78 is 0. The predicted molar refractivity (Wildman–Crippen MR) is 82.2 cm³/mol. The quantitative estimate of drug-likeness (QED) is 0.472. The first-order chi connectivity index (χ1) is 9.79. The fraction of sp³-hybridized carbons (Fsp3) is 0.167. The molecule has 0 aromatic heterocycles. The minimum absolute atomic E-state index is 0.204. The average molecular weight is 263 g/mol. The second-order valence-electron chi connectivity index (χ2n) is 5.23. The predicted octanol–water partition coefficient (Wildman–Crippen LogP) is 3.92. The van der Waals surface area contributed by atoms with Crippen LogP contribution in [0.25, 0.3) is 5.57 Å². The van der Waals surface area contributed by atoms with Crippen LogP contribution in [-0.4, -0.2) is 11.4 Å². The van der Waals surface area contributed by atoms with Gasteiger partial charge in [0.25, 0.3) is 0 Å². The van der Waals surface area contributed by atoms with Gasteiger partial charge in [-0.2, -0.15) is 0 Å². The Morgan fingerprint density at radius 3 is 1.95 bits per heavy atom. The van der Waals surface area contributed by atoms with Crippen LogP contribution in [-0.2, 0) is 12.8 Å². The number of fused-ring (bicyclic) bond motifs is 2. The van der Waals surface area contributed by atoms with Crippen molar-refractivity contribution in [3.05, 3.63) is 77.4 Å². The molecule has 0 fully saturated rings. The molecule has 0 saturated heterocycles. The molecule has 100 valence electrons. The van der Waals surface area contributed by atoms with Crippen molar-refractivity contribution in [3.63, 3.8) is 0 Å². The van der Waals surface area contributed by atoms with Crippen molar-refractivity contribution in [2.24, 2.45) is 11.1 Å². The van der Waals surface area contributed by atoms with Crippen LogP contribution in [0, 0.1) is 5.92 Å². The van der Waals surface area contributed by atoms with E-state index in [1.165, 1.54) is 22.3 Å². The van der Waals surface area contributed by atoms with E-state index < -0.39 is 0 Å². The minimum Gasteiger partial charge on any atom is -0.411 e. The van der Waals surface area contributed by atoms with Crippen LogP contribution in [0.3, 0.4) is 0 Å². The van der Waals surface area contributed by atoms with Gasteiger partial charge in [0, 0.05) is 12.1 Å². The number of hydrogen-bond acceptors (Lipinski definition) is 2. The van der Waals surface area contributed by atoms with E-state index in [-0.39, 0.29) is 5.92 Å². The summed E-state index contributed by atoms with van der Waals surface area (Å²) in [5.74, 6) is 0.204. The lowest BCUT2D eigenvalue weighted by atomic mass is 9.81. The Morgan fingerprint density at radius 1 is 0.950 bits per heavy atom. The molecule has 0 bridgehead atoms. The van der Waals surface area contributed by atoms with E-state index in [1.807, 2.05) is 24.3 Å². The lowest BCUT2D eigenvalue weighted by Gasteiger charge is -2.23. The normalized spacial score (nSPS) is 15.5. The van der Waals surface area contributed by atoms with E-state index in [4.69, 9.17) is 5.21 Å². The van der Waals surface area contributed by atoms with Gasteiger partial charge < -0.3 is 5.21 Å². The Morgan fingerprint density at radius 2 is 1.45 bits per heavy atom. The highest BCUT2D eigenvalue weighted by Gasteiger charge is 2.19. The second kappa shape index (κ2) is 5.33. The summed E-state index contributed by atoms with van der Waals surface area (Å²) in [5, 5.41) is 12.1. The molecule has 0 aliphatic heterocycles. The third-order valence-corrected chi connectivity index (χ3v) is 3.93. The van der Waals surface area contributed by atoms with Crippen molar-refractivity contribution in [3.8, 4) is 0 Å². The first-order valence-corrected chi connectivity index (χ1v) is 6.82. The first kappa shape index (κ1) is 12.7. The number of hydrogen-bond donors (Lipinski definition) is 1. The van der Waals surface area contributed by atoms with Crippen LogP contribution in [0.1, 0.15) is 22.3 Å². The topological polar surface area (TPSA) is 32.6 Å². The maximum Gasteiger partial charge on any atom is 0.0473 e. The summed E-state index contributed by atoms with van der Waals surface area (Å²) in [4.78, 5) is 0. The molecule has 0 radical (unpaired) electrons. The smallest absolute Gasteiger partial charge is 0.0473 e. The monoisotopic (exact) mass is 263 g/mol. The molecule has 3 rings (SSSR count). The zero-order chi connectivity index (χ0) is 13.9. The van der Waals surface area contributed by atoms with Gasteiger partial charge in [0.1, 0.15) is 0 Å². The van der Waals surface area contributed by atoms with Gasteiger partial charge >= 0.3 is 0 Å². The summed E-state index contributed by atoms with van der Waals surface area (Å²) in [6.45, 7) is 4.29. The zero-order valence-corrected chi connectivity index (χ0v) is 11.3. The molecule has 2 aromatic rings. The fourth-order valence-corrected chi connectivity index (χ4v) is 2.97. The van der Waals surface area contributed by atoms with Crippen LogP contribution in [0.15, 0.2) is 60.3 Å². The Labute approximate surface area is 119 Å². The van der Waals surface area contributed by atoms with Gasteiger partial charge in [0.15, 0.2) is 0 Å². The largest absolute Gasteiger partial charge is 0.411 e. The van der Waals surface area contributed by atoms with Crippen molar-refractivity contribution in [2.75, 3.05) is 0 Å². The maximum absolute atomic E-state index is 8.88. The number of benzene rings is 2. The van der Waals surface area contributed by atoms with Gasteiger partial charge in [0.05, 0.1) is 0 Å². The molecule has 0 amide bonds. The highest BCUT2D eigenvalue weighted by atomic mass is 16.4. The molecule has 2 nitrogen and oxygen atoms in total. The molecular weight excluding hydrogens is 246 g/mol. The SMILES string of the molecule is C=C1c2ccccc2CC(/C=N\O)Cc2ccccc21. The number of nitrogens with zero attached hydrogens (tertiary/aromatic N) is 1. The van der Waals surface area contributed by atoms with E-state index in [0.29, 0.717) is 0 Å². The van der Waals surface area contributed by atoms with Crippen molar-refractivity contribution < 1.29 is 5.21 Å². The van der Waals surface area contributed by atoms with Crippen molar-refractivity contribution >= 4 is 11.8 Å². The van der Waals surface area contributed by atoms with Crippen LogP contribution in [0.4, 0.5) is 0 Å². The third kappa shape index (κ3) is 2.25. The summed E-state index contributed by atoms with van der Waals surface area (Å²) in [6, 6.07) is 16.7. The second-order valence-corrected chi connectivity index (χ2v) is 5.23. The molecule has 1 aliphatic rings. The summed E-state index contributed by atoms with van der Waals surface area (Å²) in [6.07, 6.45) is 3.38. The number of oxime groups is 1. The molecule has 1 N–H and O–H groups in total. The fourth-order valence-electron chi connectivity index (χ4n) is 2.97. The van der Waals surface area contributed by atoms with Gasteiger partial charge in [-0.3, -0.25) is 0 Å². The summed E-state index contributed by atoms with van der Waals surface area (Å²) in [7, 11) is 0. The van der Waals surface area contributed by atoms with Gasteiger partial charge in [-0.1, -0.05) is 55.1 Å². The Kier molecular flexibility index (Phi) is 3.38. The molecule has 0 atom stereocenters. The van der Waals surface area contributed by atoms with E-state index >= 15 is 0 Å². The molecule has 0 heterocycles. The molecule has 0 saturated carbocycles. The maximum atomic E-state index is 8.88. The van der Waals surface area contributed by atoms with Crippen LogP contribution < -0.4 is 0 Å². The van der Waals surface area contributed by atoms with Crippen LogP contribution in [0.2, 0.25) is 0 Å². The molecule has 2 heteroatoms. The van der Waals surface area contributed by atoms with Crippen molar-refractivity contribution in [1.29, 1.82) is 0 Å². The first-order valence-electron chi connectivity index (χ1n) is 6.82. The van der Waals surface area contributed by atoms with E-state index in [0.717, 1.165) is 18.4 Å². The van der Waals surface area contributed by atoms with Gasteiger partial charge in [-0.15, -0.1) is 5.16 Å². The zero-order valence-electron chi connectivity index (χ0n) is 11.3. The van der Waals surface area contributed by atoms with Gasteiger partial charge in [0.2, 0.25) is 0 Å². The van der Waals surface area contributed by atoms with Gasteiger partial charge in [-0.05, 0) is 40.7 Å². The van der Waals surface area contributed by atoms with Crippen LogP contribution >= 0.6 is 0 Å². The third-order valence-electron chi connectivity index (χ3n) is 3.93. The van der Waals surface area contributed by atoms with E-state index in [9.17, 15) is 0 Å². The average Bonchev–Trinajstić information content (AvgIpc) is 2.47. The Hall–Kier alpha value is -2.35. The number of rotatable bonds is 1. The van der Waals surface area contributed by atoms with Gasteiger partial charge in [-0.25, -0.2) is 0 Å². The van der Waals surface area contributed by atoms with E-state index in [2.05, 4.69) is 36.0 Å². The van der Waals surface area contributed by atoms with Crippen molar-refractivity contribution in [2.45, 2.75) is 12.8 Å². The molecule has 20 heavy (non-hydrogen) atoms. The minimum atomic E-state index is 0.204. The lowest BCUT2D eigenvalue weighted by Crippen LogP contribution is -2.15. The lowest BCUT2D eigenvalue weighted by molar-refractivity contribution is 0.318. The highest BCUT2D eigenvalue weighted by Crippen LogP contribution is 2.32. The molecule has 0 spiro atoms. The van der Waals surface area contributed by atoms with E-state index in [1.54, 1.807) is 6.21 Å². The molecule has 2 aromatic carbocycles. The molecule has 0 unspecified atom stereocenters. The summed E-state index contributed by atoms with van der Waals surface area (Å²) in [5.41, 5.74) is 5.98. The Bertz CT molecular complexity index is 621. The Balaban J connectivity index is 2.17. The molecular formula is C18H17NO. The van der Waals surface area contributed by atoms with Crippen LogP contribution in [0.5, 0.6) is 0 Å². The standard InChI is InChI=1S/C18H17NO/c1-13-17-8-4-2-6-15(17)10-14(12-19-20)11-16-7-3-5-9-18(13)16/h2-9,12,14,20H,1,10-11H2/b19-12-. The highest BCUT2D eigenvalue weighted by molar-refractivity contribution is 5.82.